The van der Waals surface area contributed by atoms with Crippen LogP contribution < -0.4 is 5.32 Å². The van der Waals surface area contributed by atoms with Crippen molar-refractivity contribution in [2.75, 3.05) is 18.9 Å². The predicted molar refractivity (Wildman–Crippen MR) is 80.6 cm³/mol. The summed E-state index contributed by atoms with van der Waals surface area (Å²) in [4.78, 5) is 18.8. The highest BCUT2D eigenvalue weighted by atomic mass is 16.2. The van der Waals surface area contributed by atoms with E-state index in [1.807, 2.05) is 37.4 Å². The number of hydrogen-bond donors (Lipinski definition) is 1. The fourth-order valence-electron chi connectivity index (χ4n) is 2.93. The number of nitrogens with one attached hydrogen (secondary N) is 1. The van der Waals surface area contributed by atoms with Crippen molar-refractivity contribution in [1.29, 1.82) is 0 Å². The Hall–Kier alpha value is -1.94. The highest BCUT2D eigenvalue weighted by molar-refractivity contribution is 5.96. The normalized spacial score (nSPS) is 23.1. The molecule has 2 aromatic rings. The number of carbonyl (C=O) groups is 1. The molecule has 1 aliphatic heterocycles. The molecule has 0 radical (unpaired) electrons. The van der Waals surface area contributed by atoms with Gasteiger partial charge in [0.15, 0.2) is 0 Å². The Morgan fingerprint density at radius 3 is 2.95 bits per heavy atom. The Kier molecular flexibility index (Phi) is 3.40. The number of benzene rings is 1. The topological polar surface area (TPSA) is 45.2 Å². The lowest BCUT2D eigenvalue weighted by atomic mass is 10.1. The Morgan fingerprint density at radius 2 is 2.20 bits per heavy atom. The summed E-state index contributed by atoms with van der Waals surface area (Å²) in [6.45, 7) is 3.16. The number of hydrogen-bond acceptors (Lipinski definition) is 3. The van der Waals surface area contributed by atoms with Gasteiger partial charge in [-0.25, -0.2) is 0 Å². The van der Waals surface area contributed by atoms with Crippen LogP contribution in [0.3, 0.4) is 0 Å². The number of amides is 1. The molecule has 0 unspecified atom stereocenters. The van der Waals surface area contributed by atoms with Crippen LogP contribution in [0.2, 0.25) is 0 Å². The molecule has 20 heavy (non-hydrogen) atoms. The first kappa shape index (κ1) is 13.1. The second-order valence-corrected chi connectivity index (χ2v) is 5.70. The summed E-state index contributed by atoms with van der Waals surface area (Å²) >= 11 is 0. The molecule has 0 saturated carbocycles. The average Bonchev–Trinajstić information content (AvgIpc) is 2.78. The molecule has 1 amide bonds. The summed E-state index contributed by atoms with van der Waals surface area (Å²) in [6.07, 6.45) is 2.64. The predicted octanol–water partition coefficient (Wildman–Crippen LogP) is 2.51. The molecule has 2 atom stereocenters. The van der Waals surface area contributed by atoms with Crippen molar-refractivity contribution in [2.24, 2.45) is 5.92 Å². The number of fused-ring (bicyclic) bond motifs is 1. The monoisotopic (exact) mass is 269 g/mol. The van der Waals surface area contributed by atoms with Crippen LogP contribution in [0.25, 0.3) is 10.9 Å². The number of likely N-dealkylation sites (N-methyl/N-ethyl adjacent to an activating group) is 1. The van der Waals surface area contributed by atoms with Crippen LogP contribution in [0, 0.1) is 5.92 Å². The average molecular weight is 269 g/mol. The fraction of sp³-hybridized carbons (Fsp3) is 0.375. The van der Waals surface area contributed by atoms with Crippen molar-refractivity contribution in [2.45, 2.75) is 19.4 Å². The molecule has 104 valence electrons. The Labute approximate surface area is 118 Å². The molecule has 2 heterocycles. The summed E-state index contributed by atoms with van der Waals surface area (Å²) in [7, 11) is 2.01. The lowest BCUT2D eigenvalue weighted by Gasteiger charge is -2.18. The van der Waals surface area contributed by atoms with Gasteiger partial charge in [0.2, 0.25) is 5.91 Å². The van der Waals surface area contributed by atoms with Crippen LogP contribution in [0.4, 0.5) is 5.69 Å². The molecule has 4 heteroatoms. The van der Waals surface area contributed by atoms with Crippen molar-refractivity contribution in [3.63, 3.8) is 0 Å². The van der Waals surface area contributed by atoms with Crippen LogP contribution in [-0.4, -0.2) is 35.4 Å². The SMILES string of the molecule is C[C@H]1C[C@@H](C(=O)Nc2cnc3ccccc3c2)N(C)C1. The highest BCUT2D eigenvalue weighted by Crippen LogP contribution is 2.23. The van der Waals surface area contributed by atoms with Gasteiger partial charge < -0.3 is 5.32 Å². The highest BCUT2D eigenvalue weighted by Gasteiger charge is 2.32. The number of likely N-dealkylation sites (tertiary alicyclic amines) is 1. The molecular weight excluding hydrogens is 250 g/mol. The molecular formula is C16H19N3O. The molecule has 4 nitrogen and oxygen atoms in total. The van der Waals surface area contributed by atoms with E-state index >= 15 is 0 Å². The third kappa shape index (κ3) is 2.51. The molecule has 1 aliphatic rings. The number of nitrogens with zero attached hydrogens (tertiary/aromatic N) is 2. The van der Waals surface area contributed by atoms with Gasteiger partial charge in [-0.2, -0.15) is 0 Å². The summed E-state index contributed by atoms with van der Waals surface area (Å²) in [5, 5.41) is 4.02. The van der Waals surface area contributed by atoms with Gasteiger partial charge in [0.05, 0.1) is 23.4 Å². The van der Waals surface area contributed by atoms with Crippen LogP contribution in [0.1, 0.15) is 13.3 Å². The summed E-state index contributed by atoms with van der Waals surface area (Å²) < 4.78 is 0. The smallest absolute Gasteiger partial charge is 0.241 e. The second kappa shape index (κ2) is 5.21. The van der Waals surface area contributed by atoms with E-state index in [-0.39, 0.29) is 11.9 Å². The van der Waals surface area contributed by atoms with Crippen molar-refractivity contribution < 1.29 is 4.79 Å². The van der Waals surface area contributed by atoms with Crippen LogP contribution in [0.5, 0.6) is 0 Å². The first-order chi connectivity index (χ1) is 9.63. The van der Waals surface area contributed by atoms with Gasteiger partial charge in [0.25, 0.3) is 0 Å². The van der Waals surface area contributed by atoms with Gasteiger partial charge in [0, 0.05) is 11.9 Å². The Balaban J connectivity index is 1.77. The molecule has 0 aliphatic carbocycles. The molecule has 1 aromatic carbocycles. The van der Waals surface area contributed by atoms with Crippen LogP contribution in [-0.2, 0) is 4.79 Å². The summed E-state index contributed by atoms with van der Waals surface area (Å²) in [5.74, 6) is 0.638. The van der Waals surface area contributed by atoms with Gasteiger partial charge in [-0.3, -0.25) is 14.7 Å². The second-order valence-electron chi connectivity index (χ2n) is 5.70. The molecule has 1 saturated heterocycles. The lowest BCUT2D eigenvalue weighted by Crippen LogP contribution is -2.37. The van der Waals surface area contributed by atoms with E-state index in [4.69, 9.17) is 0 Å². The maximum Gasteiger partial charge on any atom is 0.241 e. The number of carbonyl (C=O) groups excluding carboxylic acids is 1. The quantitative estimate of drug-likeness (QED) is 0.911. The van der Waals surface area contributed by atoms with Gasteiger partial charge in [-0.05, 0) is 31.5 Å². The maximum absolute atomic E-state index is 12.3. The minimum absolute atomic E-state index is 0.0310. The Morgan fingerprint density at radius 1 is 1.40 bits per heavy atom. The van der Waals surface area contributed by atoms with E-state index in [1.165, 1.54) is 0 Å². The zero-order valence-electron chi connectivity index (χ0n) is 11.8. The van der Waals surface area contributed by atoms with Gasteiger partial charge in [-0.1, -0.05) is 25.1 Å². The maximum atomic E-state index is 12.3. The lowest BCUT2D eigenvalue weighted by molar-refractivity contribution is -0.119. The first-order valence-electron chi connectivity index (χ1n) is 6.99. The standard InChI is InChI=1S/C16H19N3O/c1-11-7-15(19(2)10-11)16(20)18-13-8-12-5-3-4-6-14(12)17-9-13/h3-6,8-9,11,15H,7,10H2,1-2H3,(H,18,20)/t11-,15-/m0/s1. The largest absolute Gasteiger partial charge is 0.323 e. The molecule has 3 rings (SSSR count). The van der Waals surface area contributed by atoms with Crippen molar-refractivity contribution in [3.05, 3.63) is 36.5 Å². The van der Waals surface area contributed by atoms with Crippen molar-refractivity contribution >= 4 is 22.5 Å². The zero-order valence-corrected chi connectivity index (χ0v) is 11.8. The fourth-order valence-corrected chi connectivity index (χ4v) is 2.93. The number of rotatable bonds is 2. The molecule has 1 aromatic heterocycles. The third-order valence-electron chi connectivity index (χ3n) is 3.92. The third-order valence-corrected chi connectivity index (χ3v) is 3.92. The van der Waals surface area contributed by atoms with Gasteiger partial charge in [-0.15, -0.1) is 0 Å². The zero-order chi connectivity index (χ0) is 14.1. The number of anilines is 1. The molecule has 0 bridgehead atoms. The van der Waals surface area contributed by atoms with E-state index in [0.717, 1.165) is 29.6 Å². The van der Waals surface area contributed by atoms with Gasteiger partial charge >= 0.3 is 0 Å². The Bertz CT molecular complexity index is 640. The molecule has 0 spiro atoms. The van der Waals surface area contributed by atoms with Crippen LogP contribution >= 0.6 is 0 Å². The summed E-state index contributed by atoms with van der Waals surface area (Å²) in [5.41, 5.74) is 1.71. The van der Waals surface area contributed by atoms with E-state index in [2.05, 4.69) is 22.1 Å². The first-order valence-corrected chi connectivity index (χ1v) is 6.99. The van der Waals surface area contributed by atoms with Gasteiger partial charge in [0.1, 0.15) is 0 Å². The minimum atomic E-state index is -0.0310. The van der Waals surface area contributed by atoms with E-state index in [0.29, 0.717) is 5.92 Å². The molecule has 1 N–H and O–H groups in total. The number of aromatic nitrogens is 1. The van der Waals surface area contributed by atoms with E-state index in [1.54, 1.807) is 6.20 Å². The van der Waals surface area contributed by atoms with Crippen molar-refractivity contribution in [1.82, 2.24) is 9.88 Å². The summed E-state index contributed by atoms with van der Waals surface area (Å²) in [6, 6.07) is 9.84. The van der Waals surface area contributed by atoms with E-state index < -0.39 is 0 Å². The number of para-hydroxylation sites is 1. The van der Waals surface area contributed by atoms with Crippen LogP contribution in [0.15, 0.2) is 36.5 Å². The van der Waals surface area contributed by atoms with E-state index in [9.17, 15) is 4.79 Å². The minimum Gasteiger partial charge on any atom is -0.323 e. The number of pyridine rings is 1. The van der Waals surface area contributed by atoms with Crippen molar-refractivity contribution in [3.8, 4) is 0 Å². The molecule has 1 fully saturated rings.